The average molecular weight is 363 g/mol. The van der Waals surface area contributed by atoms with E-state index < -0.39 is 6.09 Å². The molecule has 0 aromatic heterocycles. The van der Waals surface area contributed by atoms with Gasteiger partial charge in [0, 0.05) is 36.9 Å². The summed E-state index contributed by atoms with van der Waals surface area (Å²) in [6.07, 6.45) is -0.140. The summed E-state index contributed by atoms with van der Waals surface area (Å²) in [7, 11) is 0. The number of ether oxygens (including phenoxy) is 2. The molecule has 0 spiro atoms. The summed E-state index contributed by atoms with van der Waals surface area (Å²) in [5, 5.41) is 5.57. The normalized spacial score (nSPS) is 21.7. The minimum Gasteiger partial charge on any atom is -0.450 e. The van der Waals surface area contributed by atoms with Crippen LogP contribution in [0.3, 0.4) is 0 Å². The van der Waals surface area contributed by atoms with E-state index in [1.807, 2.05) is 0 Å². The molecule has 7 nitrogen and oxygen atoms in total. The van der Waals surface area contributed by atoms with Gasteiger partial charge in [0.25, 0.3) is 5.91 Å². The number of carbonyl (C=O) groups excluding carboxylic acids is 2. The van der Waals surface area contributed by atoms with E-state index in [9.17, 15) is 9.59 Å². The molecule has 1 aromatic rings. The Morgan fingerprint density at radius 3 is 2.65 bits per heavy atom. The van der Waals surface area contributed by atoms with Crippen molar-refractivity contribution in [3.05, 3.63) is 29.8 Å². The molecule has 3 atom stereocenters. The number of nitrogens with one attached hydrogen (secondary N) is 2. The average Bonchev–Trinajstić information content (AvgIpc) is 2.59. The third-order valence-electron chi connectivity index (χ3n) is 4.28. The quantitative estimate of drug-likeness (QED) is 0.812. The Hall–Kier alpha value is -2.12. The SMILES string of the molecule is CCOC(=O)Nc1cccc(C(=O)NC[C@@H](C)N2C[C@@H](C)O[C@@H](C)C2)c1. The fourth-order valence-corrected chi connectivity index (χ4v) is 3.07. The zero-order chi connectivity index (χ0) is 19.1. The molecule has 0 saturated carbocycles. The van der Waals surface area contributed by atoms with Crippen LogP contribution in [0.25, 0.3) is 0 Å². The van der Waals surface area contributed by atoms with Gasteiger partial charge in [-0.05, 0) is 45.9 Å². The molecule has 1 saturated heterocycles. The van der Waals surface area contributed by atoms with Gasteiger partial charge in [0.2, 0.25) is 0 Å². The predicted octanol–water partition coefficient (Wildman–Crippen LogP) is 2.48. The molecule has 2 N–H and O–H groups in total. The first kappa shape index (κ1) is 20.2. The molecular formula is C19H29N3O4. The van der Waals surface area contributed by atoms with Gasteiger partial charge in [0.05, 0.1) is 18.8 Å². The van der Waals surface area contributed by atoms with E-state index >= 15 is 0 Å². The lowest BCUT2D eigenvalue weighted by Gasteiger charge is -2.39. The number of carbonyl (C=O) groups is 2. The highest BCUT2D eigenvalue weighted by atomic mass is 16.5. The smallest absolute Gasteiger partial charge is 0.411 e. The predicted molar refractivity (Wildman–Crippen MR) is 100 cm³/mol. The van der Waals surface area contributed by atoms with Crippen molar-refractivity contribution in [3.8, 4) is 0 Å². The molecule has 7 heteroatoms. The van der Waals surface area contributed by atoms with E-state index in [1.54, 1.807) is 31.2 Å². The van der Waals surface area contributed by atoms with Gasteiger partial charge in [-0.15, -0.1) is 0 Å². The van der Waals surface area contributed by atoms with Gasteiger partial charge in [0.15, 0.2) is 0 Å². The van der Waals surface area contributed by atoms with Gasteiger partial charge >= 0.3 is 6.09 Å². The first-order chi connectivity index (χ1) is 12.4. The van der Waals surface area contributed by atoms with Gasteiger partial charge in [-0.3, -0.25) is 15.0 Å². The molecule has 0 unspecified atom stereocenters. The number of nitrogens with zero attached hydrogens (tertiary/aromatic N) is 1. The zero-order valence-electron chi connectivity index (χ0n) is 16.0. The topological polar surface area (TPSA) is 79.9 Å². The van der Waals surface area contributed by atoms with Crippen LogP contribution in [0.2, 0.25) is 0 Å². The van der Waals surface area contributed by atoms with Crippen LogP contribution < -0.4 is 10.6 Å². The van der Waals surface area contributed by atoms with E-state index in [2.05, 4.69) is 36.3 Å². The monoisotopic (exact) mass is 363 g/mol. The summed E-state index contributed by atoms with van der Waals surface area (Å²) in [6.45, 7) is 10.5. The van der Waals surface area contributed by atoms with Crippen LogP contribution in [-0.2, 0) is 9.47 Å². The number of hydrogen-bond acceptors (Lipinski definition) is 5. The van der Waals surface area contributed by atoms with E-state index in [1.165, 1.54) is 0 Å². The molecule has 2 amide bonds. The number of amides is 2. The van der Waals surface area contributed by atoms with Gasteiger partial charge in [-0.1, -0.05) is 6.07 Å². The number of anilines is 1. The molecule has 1 aromatic carbocycles. The first-order valence-electron chi connectivity index (χ1n) is 9.10. The summed E-state index contributed by atoms with van der Waals surface area (Å²) in [4.78, 5) is 26.2. The van der Waals surface area contributed by atoms with E-state index in [0.29, 0.717) is 24.4 Å². The molecule has 26 heavy (non-hydrogen) atoms. The van der Waals surface area contributed by atoms with Crippen molar-refractivity contribution in [2.75, 3.05) is 31.6 Å². The molecule has 1 aliphatic rings. The van der Waals surface area contributed by atoms with Crippen LogP contribution in [0.4, 0.5) is 10.5 Å². The lowest BCUT2D eigenvalue weighted by Crippen LogP contribution is -2.52. The summed E-state index contributed by atoms with van der Waals surface area (Å²) >= 11 is 0. The number of rotatable bonds is 6. The molecule has 0 bridgehead atoms. The Morgan fingerprint density at radius 1 is 1.31 bits per heavy atom. The van der Waals surface area contributed by atoms with E-state index in [-0.39, 0.29) is 24.2 Å². The molecule has 144 valence electrons. The second-order valence-electron chi connectivity index (χ2n) is 6.70. The largest absolute Gasteiger partial charge is 0.450 e. The molecule has 0 radical (unpaired) electrons. The number of benzene rings is 1. The highest BCUT2D eigenvalue weighted by Crippen LogP contribution is 2.14. The molecule has 1 heterocycles. The van der Waals surface area contributed by atoms with Crippen LogP contribution >= 0.6 is 0 Å². The fraction of sp³-hybridized carbons (Fsp3) is 0.579. The molecule has 0 aliphatic carbocycles. The van der Waals surface area contributed by atoms with Crippen LogP contribution in [0, 0.1) is 0 Å². The maximum atomic E-state index is 12.4. The first-order valence-corrected chi connectivity index (χ1v) is 9.10. The lowest BCUT2D eigenvalue weighted by molar-refractivity contribution is -0.0778. The van der Waals surface area contributed by atoms with Crippen LogP contribution in [0.1, 0.15) is 38.1 Å². The summed E-state index contributed by atoms with van der Waals surface area (Å²) in [5.41, 5.74) is 1.02. The van der Waals surface area contributed by atoms with Gasteiger partial charge in [0.1, 0.15) is 0 Å². The van der Waals surface area contributed by atoms with Crippen LogP contribution in [0.5, 0.6) is 0 Å². The molecular weight excluding hydrogens is 334 g/mol. The van der Waals surface area contributed by atoms with Crippen molar-refractivity contribution >= 4 is 17.7 Å². The zero-order valence-corrected chi connectivity index (χ0v) is 16.0. The lowest BCUT2D eigenvalue weighted by atomic mass is 10.1. The summed E-state index contributed by atoms with van der Waals surface area (Å²) in [6, 6.07) is 7.01. The number of morpholine rings is 1. The maximum Gasteiger partial charge on any atom is 0.411 e. The van der Waals surface area contributed by atoms with Crippen LogP contribution in [0.15, 0.2) is 24.3 Å². The second kappa shape index (κ2) is 9.54. The molecule has 1 fully saturated rings. The minimum atomic E-state index is -0.533. The van der Waals surface area contributed by atoms with E-state index in [0.717, 1.165) is 13.1 Å². The Balaban J connectivity index is 1.88. The third kappa shape index (κ3) is 6.00. The van der Waals surface area contributed by atoms with Gasteiger partial charge < -0.3 is 14.8 Å². The van der Waals surface area contributed by atoms with Gasteiger partial charge in [-0.25, -0.2) is 4.79 Å². The Labute approximate surface area is 155 Å². The van der Waals surface area contributed by atoms with Crippen molar-refractivity contribution in [3.63, 3.8) is 0 Å². The standard InChI is InChI=1S/C19H29N3O4/c1-5-25-19(24)21-17-8-6-7-16(9-17)18(23)20-10-13(2)22-11-14(3)26-15(4)12-22/h6-9,13-15H,5,10-12H2,1-4H3,(H,20,23)(H,21,24)/t13-,14-,15+/m1/s1. The highest BCUT2D eigenvalue weighted by molar-refractivity contribution is 5.96. The number of hydrogen-bond donors (Lipinski definition) is 2. The van der Waals surface area contributed by atoms with Crippen LogP contribution in [-0.4, -0.2) is 61.4 Å². The van der Waals surface area contributed by atoms with Gasteiger partial charge in [-0.2, -0.15) is 0 Å². The van der Waals surface area contributed by atoms with E-state index in [4.69, 9.17) is 9.47 Å². The Morgan fingerprint density at radius 2 is 2.00 bits per heavy atom. The van der Waals surface area contributed by atoms with Crippen molar-refractivity contribution in [1.82, 2.24) is 10.2 Å². The summed E-state index contributed by atoms with van der Waals surface area (Å²) in [5.74, 6) is -0.168. The van der Waals surface area contributed by atoms with Crippen molar-refractivity contribution < 1.29 is 19.1 Å². The minimum absolute atomic E-state index is 0.168. The Bertz CT molecular complexity index is 613. The Kier molecular flexibility index (Phi) is 7.41. The van der Waals surface area contributed by atoms with Crippen molar-refractivity contribution in [2.45, 2.75) is 45.9 Å². The second-order valence-corrected chi connectivity index (χ2v) is 6.70. The van der Waals surface area contributed by atoms with Crippen molar-refractivity contribution in [1.29, 1.82) is 0 Å². The maximum absolute atomic E-state index is 12.4. The highest BCUT2D eigenvalue weighted by Gasteiger charge is 2.25. The fourth-order valence-electron chi connectivity index (χ4n) is 3.07. The summed E-state index contributed by atoms with van der Waals surface area (Å²) < 4.78 is 10.6. The molecule has 1 aliphatic heterocycles. The third-order valence-corrected chi connectivity index (χ3v) is 4.28. The van der Waals surface area contributed by atoms with Crippen molar-refractivity contribution in [2.24, 2.45) is 0 Å². The molecule has 2 rings (SSSR count).